The fourth-order valence-corrected chi connectivity index (χ4v) is 3.45. The Bertz CT molecular complexity index is 791. The van der Waals surface area contributed by atoms with Crippen molar-refractivity contribution in [2.75, 3.05) is 26.7 Å². The van der Waals surface area contributed by atoms with E-state index in [0.717, 1.165) is 32.2 Å². The second-order valence-corrected chi connectivity index (χ2v) is 11.4. The Balaban J connectivity index is 2.32. The molecular formula is C28H47N3O3. The maximum absolute atomic E-state index is 12.5. The van der Waals surface area contributed by atoms with Crippen LogP contribution in [0, 0.1) is 5.41 Å². The molecule has 0 aliphatic rings. The largest absolute Gasteiger partial charge is 0.352 e. The summed E-state index contributed by atoms with van der Waals surface area (Å²) in [5, 5.41) is 5.79. The molecule has 0 aliphatic heterocycles. The summed E-state index contributed by atoms with van der Waals surface area (Å²) in [4.78, 5) is 39.2. The third-order valence-electron chi connectivity index (χ3n) is 6.04. The molecule has 0 fully saturated rings. The molecule has 0 bridgehead atoms. The van der Waals surface area contributed by atoms with Crippen LogP contribution in [0.4, 0.5) is 0 Å². The van der Waals surface area contributed by atoms with Gasteiger partial charge in [0.2, 0.25) is 0 Å². The molecule has 0 atom stereocenters. The predicted octanol–water partition coefficient (Wildman–Crippen LogP) is 5.22. The Morgan fingerprint density at radius 1 is 0.794 bits per heavy atom. The van der Waals surface area contributed by atoms with Gasteiger partial charge in [0.05, 0.1) is 0 Å². The molecule has 0 saturated carbocycles. The number of amides is 2. The average Bonchev–Trinajstić information content (AvgIpc) is 2.74. The molecule has 6 nitrogen and oxygen atoms in total. The lowest BCUT2D eigenvalue weighted by Crippen LogP contribution is -2.38. The zero-order valence-electron chi connectivity index (χ0n) is 22.6. The SMILES string of the molecule is CN(CCCC(=O)CCCNC(=O)c1cccc(C(=O)NCCCCC(C)(C)C)c1)C(C)(C)C. The van der Waals surface area contributed by atoms with Gasteiger partial charge in [-0.1, -0.05) is 33.3 Å². The Morgan fingerprint density at radius 3 is 1.85 bits per heavy atom. The van der Waals surface area contributed by atoms with E-state index >= 15 is 0 Å². The number of unbranched alkanes of at least 4 members (excludes halogenated alkanes) is 1. The zero-order valence-corrected chi connectivity index (χ0v) is 22.6. The first-order valence-electron chi connectivity index (χ1n) is 12.7. The van der Waals surface area contributed by atoms with Crippen molar-refractivity contribution in [3.63, 3.8) is 0 Å². The van der Waals surface area contributed by atoms with Gasteiger partial charge in [-0.2, -0.15) is 0 Å². The highest BCUT2D eigenvalue weighted by atomic mass is 16.2. The molecule has 2 N–H and O–H groups in total. The van der Waals surface area contributed by atoms with Crippen molar-refractivity contribution in [3.05, 3.63) is 35.4 Å². The maximum Gasteiger partial charge on any atom is 0.251 e. The average molecular weight is 474 g/mol. The van der Waals surface area contributed by atoms with Crippen LogP contribution in [-0.4, -0.2) is 54.7 Å². The molecule has 0 unspecified atom stereocenters. The minimum atomic E-state index is -0.223. The number of carbonyl (C=O) groups excluding carboxylic acids is 3. The van der Waals surface area contributed by atoms with Crippen LogP contribution in [-0.2, 0) is 4.79 Å². The topological polar surface area (TPSA) is 78.5 Å². The van der Waals surface area contributed by atoms with Crippen LogP contribution in [0.3, 0.4) is 0 Å². The molecular weight excluding hydrogens is 426 g/mol. The van der Waals surface area contributed by atoms with E-state index in [9.17, 15) is 14.4 Å². The second kappa shape index (κ2) is 14.2. The minimum Gasteiger partial charge on any atom is -0.352 e. The molecule has 6 heteroatoms. The first-order valence-corrected chi connectivity index (χ1v) is 12.7. The molecule has 1 rings (SSSR count). The number of nitrogens with one attached hydrogen (secondary N) is 2. The highest BCUT2D eigenvalue weighted by Gasteiger charge is 2.16. The monoisotopic (exact) mass is 473 g/mol. The van der Waals surface area contributed by atoms with Gasteiger partial charge in [0.1, 0.15) is 5.78 Å². The Kier molecular flexibility index (Phi) is 12.5. The number of hydrogen-bond acceptors (Lipinski definition) is 4. The summed E-state index contributed by atoms with van der Waals surface area (Å²) in [6, 6.07) is 6.77. The molecule has 0 saturated heterocycles. The summed E-state index contributed by atoms with van der Waals surface area (Å²) in [7, 11) is 2.08. The third-order valence-corrected chi connectivity index (χ3v) is 6.04. The van der Waals surface area contributed by atoms with Crippen LogP contribution >= 0.6 is 0 Å². The van der Waals surface area contributed by atoms with Gasteiger partial charge in [0, 0.05) is 42.6 Å². The first-order chi connectivity index (χ1) is 15.8. The predicted molar refractivity (Wildman–Crippen MR) is 140 cm³/mol. The highest BCUT2D eigenvalue weighted by molar-refractivity contribution is 5.99. The lowest BCUT2D eigenvalue weighted by atomic mass is 9.90. The van der Waals surface area contributed by atoms with Gasteiger partial charge in [0.15, 0.2) is 0 Å². The van der Waals surface area contributed by atoms with E-state index in [4.69, 9.17) is 0 Å². The minimum absolute atomic E-state index is 0.109. The number of ketones is 1. The summed E-state index contributed by atoms with van der Waals surface area (Å²) in [6.45, 7) is 15.1. The highest BCUT2D eigenvalue weighted by Crippen LogP contribution is 2.21. The lowest BCUT2D eigenvalue weighted by molar-refractivity contribution is -0.119. The summed E-state index contributed by atoms with van der Waals surface area (Å²) in [6.07, 6.45) is 5.65. The number of hydrogen-bond donors (Lipinski definition) is 2. The van der Waals surface area contributed by atoms with Crippen LogP contribution in [0.5, 0.6) is 0 Å². The number of carbonyl (C=O) groups is 3. The summed E-state index contributed by atoms with van der Waals surface area (Å²) in [5.41, 5.74) is 1.36. The molecule has 0 radical (unpaired) electrons. The molecule has 1 aromatic carbocycles. The Labute approximate surface area is 207 Å². The van der Waals surface area contributed by atoms with Crippen LogP contribution in [0.1, 0.15) is 107 Å². The van der Waals surface area contributed by atoms with Crippen molar-refractivity contribution in [3.8, 4) is 0 Å². The lowest BCUT2D eigenvalue weighted by Gasteiger charge is -2.31. The summed E-state index contributed by atoms with van der Waals surface area (Å²) >= 11 is 0. The van der Waals surface area contributed by atoms with Crippen LogP contribution in [0.15, 0.2) is 24.3 Å². The van der Waals surface area contributed by atoms with Crippen molar-refractivity contribution in [2.45, 2.75) is 92.0 Å². The number of Topliss-reactive ketones (excluding diaryl/α,β-unsaturated/α-hetero) is 1. The van der Waals surface area contributed by atoms with Crippen molar-refractivity contribution >= 4 is 17.6 Å². The standard InChI is InChI=1S/C28H47N3O3/c1-27(2,3)17-8-9-18-29-25(33)22-13-10-14-23(21-22)26(34)30-19-11-15-24(32)16-12-20-31(7)28(4,5)6/h10,13-14,21H,8-9,11-12,15-20H2,1-7H3,(H,29,33)(H,30,34). The van der Waals surface area contributed by atoms with Gasteiger partial charge >= 0.3 is 0 Å². The smallest absolute Gasteiger partial charge is 0.251 e. The van der Waals surface area contributed by atoms with Gasteiger partial charge in [-0.15, -0.1) is 0 Å². The van der Waals surface area contributed by atoms with E-state index < -0.39 is 0 Å². The van der Waals surface area contributed by atoms with Crippen molar-refractivity contribution in [2.24, 2.45) is 5.41 Å². The number of nitrogens with zero attached hydrogens (tertiary/aromatic N) is 1. The van der Waals surface area contributed by atoms with Crippen molar-refractivity contribution in [1.82, 2.24) is 15.5 Å². The van der Waals surface area contributed by atoms with E-state index in [0.29, 0.717) is 48.9 Å². The molecule has 0 aromatic heterocycles. The molecule has 2 amide bonds. The van der Waals surface area contributed by atoms with Crippen LogP contribution in [0.25, 0.3) is 0 Å². The second-order valence-electron chi connectivity index (χ2n) is 11.4. The third kappa shape index (κ3) is 12.9. The van der Waals surface area contributed by atoms with Gasteiger partial charge < -0.3 is 15.5 Å². The van der Waals surface area contributed by atoms with Gasteiger partial charge in [-0.3, -0.25) is 14.4 Å². The fourth-order valence-electron chi connectivity index (χ4n) is 3.45. The van der Waals surface area contributed by atoms with Gasteiger partial charge in [0.25, 0.3) is 11.8 Å². The molecule has 1 aromatic rings. The van der Waals surface area contributed by atoms with E-state index in [2.05, 4.69) is 64.1 Å². The molecule has 34 heavy (non-hydrogen) atoms. The normalized spacial score (nSPS) is 12.0. The molecule has 0 heterocycles. The van der Waals surface area contributed by atoms with E-state index in [1.54, 1.807) is 24.3 Å². The first kappa shape index (κ1) is 29.8. The zero-order chi connectivity index (χ0) is 25.8. The van der Waals surface area contributed by atoms with Gasteiger partial charge in [-0.25, -0.2) is 0 Å². The van der Waals surface area contributed by atoms with Crippen molar-refractivity contribution in [1.29, 1.82) is 0 Å². The summed E-state index contributed by atoms with van der Waals surface area (Å²) in [5.74, 6) is -0.148. The molecule has 0 aliphatic carbocycles. The fraction of sp³-hybridized carbons (Fsp3) is 0.679. The van der Waals surface area contributed by atoms with E-state index in [1.165, 1.54) is 0 Å². The number of benzene rings is 1. The van der Waals surface area contributed by atoms with E-state index in [-0.39, 0.29) is 23.1 Å². The van der Waals surface area contributed by atoms with Crippen molar-refractivity contribution < 1.29 is 14.4 Å². The molecule has 192 valence electrons. The number of rotatable bonds is 14. The van der Waals surface area contributed by atoms with Crippen LogP contribution < -0.4 is 10.6 Å². The van der Waals surface area contributed by atoms with Crippen LogP contribution in [0.2, 0.25) is 0 Å². The quantitative estimate of drug-likeness (QED) is 0.363. The van der Waals surface area contributed by atoms with E-state index in [1.807, 2.05) is 0 Å². The Morgan fingerprint density at radius 2 is 1.32 bits per heavy atom. The molecule has 0 spiro atoms. The Hall–Kier alpha value is -2.21. The van der Waals surface area contributed by atoms with Gasteiger partial charge in [-0.05, 0) is 83.7 Å². The maximum atomic E-state index is 12.5. The summed E-state index contributed by atoms with van der Waals surface area (Å²) < 4.78 is 0.